The Labute approximate surface area is 168 Å². The number of hydrogen-bond donors (Lipinski definition) is 3. The first kappa shape index (κ1) is 18.9. The number of nitrogens with one attached hydrogen (secondary N) is 1. The van der Waals surface area contributed by atoms with Crippen molar-refractivity contribution in [2.75, 3.05) is 11.9 Å². The van der Waals surface area contributed by atoms with Crippen molar-refractivity contribution in [3.05, 3.63) is 102 Å². The minimum absolute atomic E-state index is 0.165. The van der Waals surface area contributed by atoms with Crippen LogP contribution >= 0.6 is 0 Å². The van der Waals surface area contributed by atoms with E-state index in [1.165, 1.54) is 0 Å². The van der Waals surface area contributed by atoms with Crippen LogP contribution in [0.15, 0.2) is 91.1 Å². The number of benzene rings is 3. The average molecular weight is 386 g/mol. The van der Waals surface area contributed by atoms with Gasteiger partial charge in [0.05, 0.1) is 12.6 Å². The van der Waals surface area contributed by atoms with Gasteiger partial charge in [0.25, 0.3) is 5.91 Å². The van der Waals surface area contributed by atoms with E-state index in [9.17, 15) is 15.0 Å². The minimum Gasteiger partial charge on any atom is -0.394 e. The molecular formula is C24H22N2O3. The van der Waals surface area contributed by atoms with E-state index in [4.69, 9.17) is 0 Å². The number of carbonyl (C=O) groups excluding carboxylic acids is 1. The number of aliphatic hydroxyl groups excluding tert-OH is 2. The molecule has 4 rings (SSSR count). The van der Waals surface area contributed by atoms with Crippen molar-refractivity contribution in [3.8, 4) is 0 Å². The van der Waals surface area contributed by atoms with Gasteiger partial charge in [-0.15, -0.1) is 0 Å². The minimum atomic E-state index is -0.939. The topological polar surface area (TPSA) is 74.5 Å². The van der Waals surface area contributed by atoms with Gasteiger partial charge < -0.3 is 20.1 Å². The molecule has 146 valence electrons. The second-order valence-electron chi connectivity index (χ2n) is 6.92. The number of rotatable bonds is 6. The Bertz CT molecular complexity index is 1110. The van der Waals surface area contributed by atoms with Crippen LogP contribution in [0.1, 0.15) is 22.0 Å². The predicted octanol–water partition coefficient (Wildman–Crippen LogP) is 3.84. The fourth-order valence-electron chi connectivity index (χ4n) is 3.60. The van der Waals surface area contributed by atoms with E-state index < -0.39 is 12.1 Å². The van der Waals surface area contributed by atoms with Crippen molar-refractivity contribution in [3.63, 3.8) is 0 Å². The van der Waals surface area contributed by atoms with E-state index >= 15 is 0 Å². The first-order valence-corrected chi connectivity index (χ1v) is 9.48. The number of hydrogen-bond acceptors (Lipinski definition) is 3. The summed E-state index contributed by atoms with van der Waals surface area (Å²) in [5, 5.41) is 23.9. The molecule has 0 aliphatic carbocycles. The zero-order chi connectivity index (χ0) is 20.2. The first-order chi connectivity index (χ1) is 14.2. The molecule has 1 heterocycles. The molecule has 29 heavy (non-hydrogen) atoms. The van der Waals surface area contributed by atoms with Gasteiger partial charge in [-0.2, -0.15) is 0 Å². The Morgan fingerprint density at radius 1 is 0.931 bits per heavy atom. The van der Waals surface area contributed by atoms with Crippen LogP contribution in [0.25, 0.3) is 10.9 Å². The van der Waals surface area contributed by atoms with Crippen LogP contribution in [-0.4, -0.2) is 33.4 Å². The lowest BCUT2D eigenvalue weighted by Crippen LogP contribution is -2.27. The van der Waals surface area contributed by atoms with Gasteiger partial charge in [-0.1, -0.05) is 48.5 Å². The highest BCUT2D eigenvalue weighted by atomic mass is 16.3. The summed E-state index contributed by atoms with van der Waals surface area (Å²) in [6.45, 7) is -0.343. The molecular weight excluding hydrogens is 364 g/mol. The Hall–Kier alpha value is -3.41. The summed E-state index contributed by atoms with van der Waals surface area (Å²) in [4.78, 5) is 12.4. The molecule has 5 nitrogen and oxygen atoms in total. The van der Waals surface area contributed by atoms with Crippen LogP contribution in [0.4, 0.5) is 5.69 Å². The van der Waals surface area contributed by atoms with Crippen LogP contribution in [0, 0.1) is 0 Å². The molecule has 5 heteroatoms. The number of aromatic nitrogens is 1. The molecule has 0 saturated carbocycles. The van der Waals surface area contributed by atoms with Gasteiger partial charge in [-0.25, -0.2) is 0 Å². The lowest BCUT2D eigenvalue weighted by Gasteiger charge is -2.25. The third-order valence-corrected chi connectivity index (χ3v) is 5.01. The standard InChI is InChI=1S/C24H22N2O3/c27-16-22(28)23(17-7-3-1-4-8-17)26-14-13-19-15-20(11-12-21(19)26)25-24(29)18-9-5-2-6-10-18/h1-15,22-23,27-28H,16H2,(H,25,29). The molecule has 0 aliphatic rings. The zero-order valence-electron chi connectivity index (χ0n) is 15.8. The van der Waals surface area contributed by atoms with Gasteiger partial charge in [-0.3, -0.25) is 4.79 Å². The molecule has 0 spiro atoms. The molecule has 3 aromatic carbocycles. The summed E-state index contributed by atoms with van der Waals surface area (Å²) in [6, 6.07) is 25.9. The summed E-state index contributed by atoms with van der Waals surface area (Å²) in [6.07, 6.45) is 0.953. The van der Waals surface area contributed by atoms with Crippen molar-refractivity contribution in [1.29, 1.82) is 0 Å². The van der Waals surface area contributed by atoms with Crippen LogP contribution in [0.2, 0.25) is 0 Å². The van der Waals surface area contributed by atoms with Crippen molar-refractivity contribution in [1.82, 2.24) is 4.57 Å². The van der Waals surface area contributed by atoms with Crippen molar-refractivity contribution in [2.24, 2.45) is 0 Å². The zero-order valence-corrected chi connectivity index (χ0v) is 15.8. The molecule has 3 N–H and O–H groups in total. The maximum Gasteiger partial charge on any atom is 0.255 e. The third kappa shape index (κ3) is 3.92. The second-order valence-corrected chi connectivity index (χ2v) is 6.92. The third-order valence-electron chi connectivity index (χ3n) is 5.01. The lowest BCUT2D eigenvalue weighted by molar-refractivity contribution is 0.0654. The number of amides is 1. The maximum absolute atomic E-state index is 12.4. The van der Waals surface area contributed by atoms with Crippen molar-refractivity contribution >= 4 is 22.5 Å². The highest BCUT2D eigenvalue weighted by Gasteiger charge is 2.23. The molecule has 0 bridgehead atoms. The molecule has 2 atom stereocenters. The largest absolute Gasteiger partial charge is 0.394 e. The number of nitrogens with zero attached hydrogens (tertiary/aromatic N) is 1. The molecule has 0 fully saturated rings. The fraction of sp³-hybridized carbons (Fsp3) is 0.125. The van der Waals surface area contributed by atoms with Gasteiger partial charge in [0, 0.05) is 28.4 Å². The molecule has 0 radical (unpaired) electrons. The van der Waals surface area contributed by atoms with Gasteiger partial charge in [0.15, 0.2) is 0 Å². The molecule has 4 aromatic rings. The van der Waals surface area contributed by atoms with Gasteiger partial charge in [0.2, 0.25) is 0 Å². The van der Waals surface area contributed by atoms with Crippen LogP contribution in [0.5, 0.6) is 0 Å². The smallest absolute Gasteiger partial charge is 0.255 e. The van der Waals surface area contributed by atoms with E-state index in [2.05, 4.69) is 5.32 Å². The maximum atomic E-state index is 12.4. The second kappa shape index (κ2) is 8.31. The summed E-state index contributed by atoms with van der Waals surface area (Å²) in [7, 11) is 0. The van der Waals surface area contributed by atoms with Crippen LogP contribution < -0.4 is 5.32 Å². The number of aliphatic hydroxyl groups is 2. The fourth-order valence-corrected chi connectivity index (χ4v) is 3.60. The molecule has 1 amide bonds. The van der Waals surface area contributed by atoms with E-state index in [0.29, 0.717) is 11.3 Å². The number of fused-ring (bicyclic) bond motifs is 1. The van der Waals surface area contributed by atoms with Crippen molar-refractivity contribution in [2.45, 2.75) is 12.1 Å². The normalized spacial score (nSPS) is 13.2. The summed E-state index contributed by atoms with van der Waals surface area (Å²) < 4.78 is 1.95. The van der Waals surface area contributed by atoms with E-state index in [-0.39, 0.29) is 12.5 Å². The predicted molar refractivity (Wildman–Crippen MR) is 114 cm³/mol. The molecule has 0 saturated heterocycles. The van der Waals surface area contributed by atoms with Gasteiger partial charge in [0.1, 0.15) is 6.10 Å². The summed E-state index contributed by atoms with van der Waals surface area (Å²) in [5.74, 6) is -0.165. The molecule has 1 aromatic heterocycles. The lowest BCUT2D eigenvalue weighted by atomic mass is 10.0. The van der Waals surface area contributed by atoms with E-state index in [1.807, 2.05) is 83.6 Å². The Kier molecular flexibility index (Phi) is 5.42. The van der Waals surface area contributed by atoms with E-state index in [0.717, 1.165) is 16.5 Å². The Balaban J connectivity index is 1.66. The van der Waals surface area contributed by atoms with Crippen LogP contribution in [0.3, 0.4) is 0 Å². The molecule has 0 aliphatic heterocycles. The summed E-state index contributed by atoms with van der Waals surface area (Å²) in [5.41, 5.74) is 3.11. The monoisotopic (exact) mass is 386 g/mol. The van der Waals surface area contributed by atoms with Crippen molar-refractivity contribution < 1.29 is 15.0 Å². The van der Waals surface area contributed by atoms with Gasteiger partial charge >= 0.3 is 0 Å². The summed E-state index contributed by atoms with van der Waals surface area (Å²) >= 11 is 0. The average Bonchev–Trinajstić information content (AvgIpc) is 3.18. The molecule has 2 unspecified atom stereocenters. The SMILES string of the molecule is O=C(Nc1ccc2c(ccn2C(c2ccccc2)C(O)CO)c1)c1ccccc1. The Morgan fingerprint density at radius 3 is 2.31 bits per heavy atom. The van der Waals surface area contributed by atoms with Crippen LogP contribution in [-0.2, 0) is 0 Å². The first-order valence-electron chi connectivity index (χ1n) is 9.48. The highest BCUT2D eigenvalue weighted by Crippen LogP contribution is 2.29. The van der Waals surface area contributed by atoms with E-state index in [1.54, 1.807) is 12.1 Å². The number of anilines is 1. The number of carbonyl (C=O) groups is 1. The Morgan fingerprint density at radius 2 is 1.62 bits per heavy atom. The van der Waals surface area contributed by atoms with Gasteiger partial charge in [-0.05, 0) is 42.0 Å². The highest BCUT2D eigenvalue weighted by molar-refractivity contribution is 6.05. The quantitative estimate of drug-likeness (QED) is 0.471.